The summed E-state index contributed by atoms with van der Waals surface area (Å²) in [4.78, 5) is 19.5. The summed E-state index contributed by atoms with van der Waals surface area (Å²) in [7, 11) is 0. The molecule has 1 saturated carbocycles. The Labute approximate surface area is 113 Å². The molecule has 0 atom stereocenters. The van der Waals surface area contributed by atoms with Gasteiger partial charge in [-0.2, -0.15) is 0 Å². The molecule has 1 saturated heterocycles. The van der Waals surface area contributed by atoms with E-state index in [1.807, 2.05) is 0 Å². The van der Waals surface area contributed by atoms with Crippen LogP contribution in [0.2, 0.25) is 0 Å². The Bertz CT molecular complexity index is 476. The van der Waals surface area contributed by atoms with E-state index in [1.165, 1.54) is 12.8 Å². The van der Waals surface area contributed by atoms with Crippen LogP contribution in [0.3, 0.4) is 0 Å². The van der Waals surface area contributed by atoms with Crippen LogP contribution in [0.25, 0.3) is 0 Å². The number of hydrogen-bond donors (Lipinski definition) is 1. The van der Waals surface area contributed by atoms with Crippen LogP contribution in [-0.2, 0) is 4.74 Å². The molecule has 2 heterocycles. The number of halogens is 1. The fraction of sp³-hybridized carbons (Fsp3) is 0.667. The first kappa shape index (κ1) is 11.6. The molecule has 2 aliphatic rings. The third kappa shape index (κ3) is 2.40. The average Bonchev–Trinajstić information content (AvgIpc) is 3.18. The number of rotatable bonds is 2. The molecule has 0 aromatic carbocycles. The van der Waals surface area contributed by atoms with Crippen LogP contribution >= 0.6 is 22.6 Å². The van der Waals surface area contributed by atoms with E-state index in [1.54, 1.807) is 0 Å². The Kier molecular flexibility index (Phi) is 3.21. The number of hydrogen-bond acceptors (Lipinski definition) is 3. The molecular formula is C12H15IN2O2. The van der Waals surface area contributed by atoms with E-state index < -0.39 is 0 Å². The van der Waals surface area contributed by atoms with Crippen LogP contribution in [0.1, 0.15) is 49.0 Å². The van der Waals surface area contributed by atoms with E-state index in [-0.39, 0.29) is 5.56 Å². The van der Waals surface area contributed by atoms with Crippen molar-refractivity contribution in [2.75, 3.05) is 13.2 Å². The van der Waals surface area contributed by atoms with Crippen molar-refractivity contribution in [2.24, 2.45) is 0 Å². The molecular weight excluding hydrogens is 331 g/mol. The lowest BCUT2D eigenvalue weighted by Gasteiger charge is -2.21. The largest absolute Gasteiger partial charge is 0.381 e. The second-order valence-corrected chi connectivity index (χ2v) is 5.89. The van der Waals surface area contributed by atoms with Gasteiger partial charge in [0, 0.05) is 25.0 Å². The Morgan fingerprint density at radius 2 is 1.88 bits per heavy atom. The molecule has 1 aliphatic carbocycles. The Balaban J connectivity index is 1.96. The summed E-state index contributed by atoms with van der Waals surface area (Å²) in [5, 5.41) is 0. The molecule has 0 unspecified atom stereocenters. The van der Waals surface area contributed by atoms with Crippen LogP contribution < -0.4 is 5.56 Å². The molecule has 1 aliphatic heterocycles. The van der Waals surface area contributed by atoms with Crippen molar-refractivity contribution >= 4 is 22.6 Å². The van der Waals surface area contributed by atoms with Crippen LogP contribution in [0.5, 0.6) is 0 Å². The smallest absolute Gasteiger partial charge is 0.264 e. The molecule has 1 N–H and O–H groups in total. The molecule has 4 nitrogen and oxygen atoms in total. The predicted octanol–water partition coefficient (Wildman–Crippen LogP) is 2.15. The van der Waals surface area contributed by atoms with E-state index >= 15 is 0 Å². The van der Waals surface area contributed by atoms with Gasteiger partial charge in [0.15, 0.2) is 0 Å². The summed E-state index contributed by atoms with van der Waals surface area (Å²) in [6, 6.07) is 0. The molecule has 92 valence electrons. The summed E-state index contributed by atoms with van der Waals surface area (Å²) >= 11 is 2.12. The second-order valence-electron chi connectivity index (χ2n) is 4.81. The zero-order valence-corrected chi connectivity index (χ0v) is 11.7. The Morgan fingerprint density at radius 3 is 2.53 bits per heavy atom. The van der Waals surface area contributed by atoms with Gasteiger partial charge >= 0.3 is 0 Å². The first-order chi connectivity index (χ1) is 8.25. The third-order valence-electron chi connectivity index (χ3n) is 3.48. The minimum Gasteiger partial charge on any atom is -0.381 e. The van der Waals surface area contributed by atoms with Crippen LogP contribution in [0.15, 0.2) is 4.79 Å². The normalized spacial score (nSPS) is 21.7. The maximum absolute atomic E-state index is 11.9. The highest BCUT2D eigenvalue weighted by Crippen LogP contribution is 2.40. The lowest BCUT2D eigenvalue weighted by Crippen LogP contribution is -2.23. The first-order valence-electron chi connectivity index (χ1n) is 6.13. The Hall–Kier alpha value is -0.430. The molecule has 0 bridgehead atoms. The highest BCUT2D eigenvalue weighted by atomic mass is 127. The summed E-state index contributed by atoms with van der Waals surface area (Å²) in [6.07, 6.45) is 4.29. The molecule has 1 aromatic heterocycles. The predicted molar refractivity (Wildman–Crippen MR) is 72.3 cm³/mol. The number of nitrogens with one attached hydrogen (secondary N) is 1. The quantitative estimate of drug-likeness (QED) is 0.835. The van der Waals surface area contributed by atoms with Crippen molar-refractivity contribution in [3.63, 3.8) is 0 Å². The third-order valence-corrected chi connectivity index (χ3v) is 4.52. The van der Waals surface area contributed by atoms with E-state index in [4.69, 9.17) is 9.72 Å². The lowest BCUT2D eigenvalue weighted by molar-refractivity contribution is 0.0834. The second kappa shape index (κ2) is 4.68. The van der Waals surface area contributed by atoms with Gasteiger partial charge in [-0.25, -0.2) is 4.98 Å². The fourth-order valence-electron chi connectivity index (χ4n) is 2.29. The van der Waals surface area contributed by atoms with Gasteiger partial charge in [0.25, 0.3) is 5.56 Å². The molecule has 0 amide bonds. The van der Waals surface area contributed by atoms with Crippen molar-refractivity contribution in [3.8, 4) is 0 Å². The number of nitrogens with zero attached hydrogens (tertiary/aromatic N) is 1. The number of H-pyrrole nitrogens is 1. The average molecular weight is 346 g/mol. The molecule has 1 aromatic rings. The van der Waals surface area contributed by atoms with Crippen LogP contribution in [-0.4, -0.2) is 23.2 Å². The molecule has 0 spiro atoms. The minimum atomic E-state index is 0.0315. The van der Waals surface area contributed by atoms with Gasteiger partial charge in [0.1, 0.15) is 5.82 Å². The van der Waals surface area contributed by atoms with E-state index in [0.29, 0.717) is 11.8 Å². The van der Waals surface area contributed by atoms with Crippen LogP contribution in [0, 0.1) is 3.57 Å². The van der Waals surface area contributed by atoms with Gasteiger partial charge in [-0.3, -0.25) is 4.79 Å². The SMILES string of the molecule is O=c1[nH]c(C2CCOCC2)nc(C2CC2)c1I. The topological polar surface area (TPSA) is 55.0 Å². The molecule has 17 heavy (non-hydrogen) atoms. The first-order valence-corrected chi connectivity index (χ1v) is 7.21. The van der Waals surface area contributed by atoms with E-state index in [0.717, 1.165) is 41.1 Å². The molecule has 2 fully saturated rings. The van der Waals surface area contributed by atoms with E-state index in [9.17, 15) is 4.79 Å². The van der Waals surface area contributed by atoms with Crippen molar-refractivity contribution in [1.82, 2.24) is 9.97 Å². The van der Waals surface area contributed by atoms with Gasteiger partial charge in [0.05, 0.1) is 9.26 Å². The molecule has 3 rings (SSSR count). The monoisotopic (exact) mass is 346 g/mol. The maximum Gasteiger partial charge on any atom is 0.264 e. The number of aromatic nitrogens is 2. The summed E-state index contributed by atoms with van der Waals surface area (Å²) in [5.74, 6) is 1.77. The van der Waals surface area contributed by atoms with Gasteiger partial charge in [-0.1, -0.05) is 0 Å². The Morgan fingerprint density at radius 1 is 1.18 bits per heavy atom. The van der Waals surface area contributed by atoms with Crippen LogP contribution in [0.4, 0.5) is 0 Å². The summed E-state index contributed by atoms with van der Waals surface area (Å²) in [6.45, 7) is 1.55. The minimum absolute atomic E-state index is 0.0315. The van der Waals surface area contributed by atoms with Crippen molar-refractivity contribution in [3.05, 3.63) is 25.4 Å². The van der Waals surface area contributed by atoms with Crippen molar-refractivity contribution in [2.45, 2.75) is 37.5 Å². The highest BCUT2D eigenvalue weighted by Gasteiger charge is 2.30. The summed E-state index contributed by atoms with van der Waals surface area (Å²) < 4.78 is 6.12. The number of aromatic amines is 1. The van der Waals surface area contributed by atoms with Gasteiger partial charge in [0.2, 0.25) is 0 Å². The van der Waals surface area contributed by atoms with Crippen molar-refractivity contribution < 1.29 is 4.74 Å². The summed E-state index contributed by atoms with van der Waals surface area (Å²) in [5.41, 5.74) is 1.06. The fourth-order valence-corrected chi connectivity index (χ4v) is 2.98. The molecule has 5 heteroatoms. The van der Waals surface area contributed by atoms with E-state index in [2.05, 4.69) is 27.6 Å². The zero-order valence-electron chi connectivity index (χ0n) is 9.54. The standard InChI is InChI=1S/C12H15IN2O2/c13-9-10(7-1-2-7)14-11(15-12(9)16)8-3-5-17-6-4-8/h7-8H,1-6H2,(H,14,15,16). The van der Waals surface area contributed by atoms with Gasteiger partial charge < -0.3 is 9.72 Å². The van der Waals surface area contributed by atoms with Gasteiger partial charge in [-0.05, 0) is 48.3 Å². The zero-order chi connectivity index (χ0) is 11.8. The molecule has 0 radical (unpaired) electrons. The lowest BCUT2D eigenvalue weighted by atomic mass is 9.99. The van der Waals surface area contributed by atoms with Gasteiger partial charge in [-0.15, -0.1) is 0 Å². The number of ether oxygens (including phenoxy) is 1. The highest BCUT2D eigenvalue weighted by molar-refractivity contribution is 14.1. The van der Waals surface area contributed by atoms with Crippen molar-refractivity contribution in [1.29, 1.82) is 0 Å². The maximum atomic E-state index is 11.9.